The lowest BCUT2D eigenvalue weighted by atomic mass is 10.1. The Balaban J connectivity index is 3.15. The molecule has 0 aliphatic rings. The summed E-state index contributed by atoms with van der Waals surface area (Å²) in [6, 6.07) is 3.49. The third-order valence-corrected chi connectivity index (χ3v) is 2.23. The molecule has 0 atom stereocenters. The molecule has 98 valence electrons. The molecule has 0 spiro atoms. The molecule has 0 saturated heterocycles. The minimum Gasteiger partial charge on any atom is -0.478 e. The summed E-state index contributed by atoms with van der Waals surface area (Å²) < 4.78 is 40.1. The van der Waals surface area contributed by atoms with Crippen molar-refractivity contribution in [2.45, 2.75) is 6.36 Å². The number of alkyl halides is 4. The highest BCUT2D eigenvalue weighted by Crippen LogP contribution is 2.28. The molecule has 0 saturated carbocycles. The molecule has 0 aliphatic carbocycles. The molecule has 1 aromatic rings. The number of benzene rings is 1. The zero-order valence-corrected chi connectivity index (χ0v) is 10.5. The summed E-state index contributed by atoms with van der Waals surface area (Å²) in [6.45, 7) is 0. The Labute approximate surface area is 109 Å². The number of carbonyl (C=O) groups is 1. The van der Waals surface area contributed by atoms with Crippen LogP contribution >= 0.6 is 15.9 Å². The predicted octanol–water partition coefficient (Wildman–Crippen LogP) is 3.69. The molecule has 0 heterocycles. The number of halogens is 4. The first-order valence-electron chi connectivity index (χ1n) is 4.69. The summed E-state index contributed by atoms with van der Waals surface area (Å²) in [5.41, 5.74) is -0.123. The van der Waals surface area contributed by atoms with Crippen LogP contribution in [-0.4, -0.2) is 22.8 Å². The zero-order chi connectivity index (χ0) is 13.8. The van der Waals surface area contributed by atoms with Crippen LogP contribution in [0.15, 0.2) is 24.3 Å². The van der Waals surface area contributed by atoms with Crippen molar-refractivity contribution in [3.05, 3.63) is 35.4 Å². The van der Waals surface area contributed by atoms with E-state index in [1.165, 1.54) is 6.07 Å². The molecular weight excluding hydrogens is 317 g/mol. The van der Waals surface area contributed by atoms with E-state index in [-0.39, 0.29) is 0 Å². The smallest absolute Gasteiger partial charge is 0.478 e. The van der Waals surface area contributed by atoms with E-state index in [2.05, 4.69) is 20.7 Å². The van der Waals surface area contributed by atoms with Crippen LogP contribution in [0.2, 0.25) is 0 Å². The van der Waals surface area contributed by atoms with Crippen molar-refractivity contribution < 1.29 is 27.8 Å². The number of hydrogen-bond donors (Lipinski definition) is 1. The second kappa shape index (κ2) is 5.90. The van der Waals surface area contributed by atoms with Gasteiger partial charge in [-0.3, -0.25) is 0 Å². The van der Waals surface area contributed by atoms with Crippen molar-refractivity contribution in [2.75, 3.05) is 5.33 Å². The van der Waals surface area contributed by atoms with E-state index in [1.54, 1.807) is 12.2 Å². The summed E-state index contributed by atoms with van der Waals surface area (Å²) in [7, 11) is 0. The van der Waals surface area contributed by atoms with Gasteiger partial charge >= 0.3 is 12.3 Å². The fraction of sp³-hybridized carbons (Fsp3) is 0.182. The van der Waals surface area contributed by atoms with Gasteiger partial charge in [0.05, 0.1) is 0 Å². The van der Waals surface area contributed by atoms with E-state index in [4.69, 9.17) is 5.11 Å². The van der Waals surface area contributed by atoms with Crippen molar-refractivity contribution in [1.82, 2.24) is 0 Å². The molecule has 1 N–H and O–H groups in total. The van der Waals surface area contributed by atoms with Crippen LogP contribution in [0, 0.1) is 0 Å². The number of carboxylic acid groups (broad SMARTS) is 1. The molecule has 0 aromatic heterocycles. The van der Waals surface area contributed by atoms with Gasteiger partial charge in [0.15, 0.2) is 0 Å². The number of aromatic carboxylic acids is 1. The quantitative estimate of drug-likeness (QED) is 0.859. The van der Waals surface area contributed by atoms with Crippen LogP contribution in [-0.2, 0) is 0 Å². The first kappa shape index (κ1) is 14.6. The highest BCUT2D eigenvalue weighted by molar-refractivity contribution is 9.09. The maximum absolute atomic E-state index is 12.1. The van der Waals surface area contributed by atoms with Crippen molar-refractivity contribution in [3.63, 3.8) is 0 Å². The molecule has 7 heteroatoms. The average Bonchev–Trinajstić information content (AvgIpc) is 2.23. The van der Waals surface area contributed by atoms with E-state index in [0.717, 1.165) is 12.1 Å². The van der Waals surface area contributed by atoms with Gasteiger partial charge in [-0.2, -0.15) is 0 Å². The summed E-state index contributed by atoms with van der Waals surface area (Å²) >= 11 is 3.12. The van der Waals surface area contributed by atoms with E-state index >= 15 is 0 Å². The minimum absolute atomic E-state index is 0.415. The minimum atomic E-state index is -4.93. The van der Waals surface area contributed by atoms with Crippen LogP contribution in [0.3, 0.4) is 0 Å². The molecule has 0 amide bonds. The van der Waals surface area contributed by atoms with Gasteiger partial charge in [-0.05, 0) is 17.7 Å². The van der Waals surface area contributed by atoms with Crippen molar-refractivity contribution in [2.24, 2.45) is 0 Å². The van der Waals surface area contributed by atoms with Gasteiger partial charge in [0.1, 0.15) is 11.3 Å². The Bertz CT molecular complexity index is 469. The van der Waals surface area contributed by atoms with Gasteiger partial charge in [-0.1, -0.05) is 34.1 Å². The Hall–Kier alpha value is -1.50. The Morgan fingerprint density at radius 2 is 2.11 bits per heavy atom. The van der Waals surface area contributed by atoms with Gasteiger partial charge in [0, 0.05) is 5.33 Å². The van der Waals surface area contributed by atoms with E-state index in [1.807, 2.05) is 0 Å². The van der Waals surface area contributed by atoms with Crippen molar-refractivity contribution >= 4 is 28.0 Å². The fourth-order valence-corrected chi connectivity index (χ4v) is 1.40. The van der Waals surface area contributed by atoms with Crippen LogP contribution in [0.25, 0.3) is 6.08 Å². The summed E-state index contributed by atoms with van der Waals surface area (Å²) in [5.74, 6) is -2.21. The maximum Gasteiger partial charge on any atom is 0.573 e. The molecule has 0 radical (unpaired) electrons. The number of carboxylic acids is 1. The molecule has 18 heavy (non-hydrogen) atoms. The molecule has 3 nitrogen and oxygen atoms in total. The van der Waals surface area contributed by atoms with Crippen LogP contribution < -0.4 is 4.74 Å². The fourth-order valence-electron chi connectivity index (χ4n) is 1.21. The van der Waals surface area contributed by atoms with Crippen LogP contribution in [0.1, 0.15) is 15.9 Å². The van der Waals surface area contributed by atoms with Gasteiger partial charge in [-0.25, -0.2) is 4.79 Å². The predicted molar refractivity (Wildman–Crippen MR) is 62.9 cm³/mol. The zero-order valence-electron chi connectivity index (χ0n) is 8.87. The summed E-state index contributed by atoms with van der Waals surface area (Å²) in [4.78, 5) is 10.8. The molecular formula is C11H8BrF3O3. The Morgan fingerprint density at radius 3 is 2.61 bits per heavy atom. The second-order valence-corrected chi connectivity index (χ2v) is 3.81. The largest absolute Gasteiger partial charge is 0.573 e. The third kappa shape index (κ3) is 4.40. The number of allylic oxidation sites excluding steroid dienone is 1. The molecule has 0 aliphatic heterocycles. The first-order chi connectivity index (χ1) is 8.33. The van der Waals surface area contributed by atoms with Gasteiger partial charge in [0.25, 0.3) is 0 Å². The molecule has 0 fully saturated rings. The molecule has 1 aromatic carbocycles. The maximum atomic E-state index is 12.1. The highest BCUT2D eigenvalue weighted by atomic mass is 79.9. The third-order valence-electron chi connectivity index (χ3n) is 1.86. The number of hydrogen-bond acceptors (Lipinski definition) is 2. The molecule has 1 rings (SSSR count). The second-order valence-electron chi connectivity index (χ2n) is 3.17. The summed E-state index contributed by atoms with van der Waals surface area (Å²) in [5, 5.41) is 9.29. The van der Waals surface area contributed by atoms with E-state index in [0.29, 0.717) is 10.9 Å². The summed E-state index contributed by atoms with van der Waals surface area (Å²) in [6.07, 6.45) is -1.72. The van der Waals surface area contributed by atoms with Crippen molar-refractivity contribution in [1.29, 1.82) is 0 Å². The normalized spacial score (nSPS) is 11.8. The molecule has 0 unspecified atom stereocenters. The molecule has 0 bridgehead atoms. The van der Waals surface area contributed by atoms with Gasteiger partial charge in [0.2, 0.25) is 0 Å². The van der Waals surface area contributed by atoms with Gasteiger partial charge < -0.3 is 9.84 Å². The SMILES string of the molecule is O=C(O)c1ccc(C=CCBr)cc1OC(F)(F)F. The number of ether oxygens (including phenoxy) is 1. The first-order valence-corrected chi connectivity index (χ1v) is 5.81. The van der Waals surface area contributed by atoms with E-state index < -0.39 is 23.6 Å². The van der Waals surface area contributed by atoms with E-state index in [9.17, 15) is 18.0 Å². The Kier molecular flexibility index (Phi) is 4.77. The van der Waals surface area contributed by atoms with Crippen LogP contribution in [0.5, 0.6) is 5.75 Å². The lowest BCUT2D eigenvalue weighted by molar-refractivity contribution is -0.274. The average molecular weight is 325 g/mol. The lowest BCUT2D eigenvalue weighted by Gasteiger charge is -2.11. The number of rotatable bonds is 4. The lowest BCUT2D eigenvalue weighted by Crippen LogP contribution is -2.19. The topological polar surface area (TPSA) is 46.5 Å². The Morgan fingerprint density at radius 1 is 1.44 bits per heavy atom. The van der Waals surface area contributed by atoms with Crippen LogP contribution in [0.4, 0.5) is 13.2 Å². The monoisotopic (exact) mass is 324 g/mol. The highest BCUT2D eigenvalue weighted by Gasteiger charge is 2.33. The van der Waals surface area contributed by atoms with Crippen molar-refractivity contribution in [3.8, 4) is 5.75 Å². The standard InChI is InChI=1S/C11H8BrF3O3/c12-5-1-2-7-3-4-8(10(16)17)9(6-7)18-11(13,14)15/h1-4,6H,5H2,(H,16,17). The van der Waals surface area contributed by atoms with Gasteiger partial charge in [-0.15, -0.1) is 13.2 Å².